The van der Waals surface area contributed by atoms with Gasteiger partial charge in [-0.15, -0.1) is 0 Å². The Morgan fingerprint density at radius 1 is 1.22 bits per heavy atom. The molecule has 1 atom stereocenters. The summed E-state index contributed by atoms with van der Waals surface area (Å²) in [5.41, 5.74) is 1.31. The summed E-state index contributed by atoms with van der Waals surface area (Å²) in [5.74, 6) is -1.08. The third kappa shape index (κ3) is 5.58. The zero-order valence-corrected chi connectivity index (χ0v) is 14.6. The number of ether oxygens (including phenoxy) is 1. The largest absolute Gasteiger partial charge is 0.484 e. The van der Waals surface area contributed by atoms with E-state index < -0.39 is 17.9 Å². The second-order valence-corrected chi connectivity index (χ2v) is 6.68. The van der Waals surface area contributed by atoms with Crippen molar-refractivity contribution in [1.29, 1.82) is 0 Å². The van der Waals surface area contributed by atoms with Gasteiger partial charge >= 0.3 is 5.97 Å². The molecule has 0 aliphatic heterocycles. The smallest absolute Gasteiger partial charge is 0.326 e. The van der Waals surface area contributed by atoms with Crippen LogP contribution < -0.4 is 10.1 Å². The van der Waals surface area contributed by atoms with Crippen LogP contribution in [0.5, 0.6) is 5.75 Å². The molecule has 0 saturated carbocycles. The SMILES string of the molecule is CCC(C)(C)c1ccc(OCC(=O)NC(C(=O)O)C(C)C)cc1. The number of hydrogen-bond acceptors (Lipinski definition) is 3. The molecule has 0 bridgehead atoms. The Balaban J connectivity index is 2.58. The van der Waals surface area contributed by atoms with E-state index in [0.717, 1.165) is 6.42 Å². The fourth-order valence-corrected chi connectivity index (χ4v) is 2.08. The maximum Gasteiger partial charge on any atom is 0.326 e. The normalized spacial score (nSPS) is 12.8. The molecule has 0 aromatic heterocycles. The summed E-state index contributed by atoms with van der Waals surface area (Å²) in [5, 5.41) is 11.5. The van der Waals surface area contributed by atoms with Crippen LogP contribution in [-0.2, 0) is 15.0 Å². The summed E-state index contributed by atoms with van der Waals surface area (Å²) >= 11 is 0. The molecule has 1 aromatic carbocycles. The summed E-state index contributed by atoms with van der Waals surface area (Å²) in [6.45, 7) is 9.78. The van der Waals surface area contributed by atoms with Crippen LogP contribution in [0, 0.1) is 5.92 Å². The number of carbonyl (C=O) groups excluding carboxylic acids is 1. The van der Waals surface area contributed by atoms with Crippen molar-refractivity contribution in [3.05, 3.63) is 29.8 Å². The zero-order valence-electron chi connectivity index (χ0n) is 14.6. The van der Waals surface area contributed by atoms with Crippen LogP contribution in [0.3, 0.4) is 0 Å². The van der Waals surface area contributed by atoms with E-state index in [1.54, 1.807) is 13.8 Å². The van der Waals surface area contributed by atoms with E-state index in [1.807, 2.05) is 24.3 Å². The van der Waals surface area contributed by atoms with Crippen molar-refractivity contribution < 1.29 is 19.4 Å². The van der Waals surface area contributed by atoms with Gasteiger partial charge in [0.15, 0.2) is 6.61 Å². The molecule has 0 spiro atoms. The van der Waals surface area contributed by atoms with E-state index in [2.05, 4.69) is 26.1 Å². The molecule has 0 saturated heterocycles. The molecule has 128 valence electrons. The molecule has 0 radical (unpaired) electrons. The number of carboxylic acid groups (broad SMARTS) is 1. The molecule has 2 N–H and O–H groups in total. The van der Waals surface area contributed by atoms with Gasteiger partial charge in [-0.2, -0.15) is 0 Å². The number of nitrogens with one attached hydrogen (secondary N) is 1. The average Bonchev–Trinajstić information content (AvgIpc) is 2.50. The number of hydrogen-bond donors (Lipinski definition) is 2. The highest BCUT2D eigenvalue weighted by Gasteiger charge is 2.23. The Kier molecular flexibility index (Phi) is 6.61. The molecule has 0 heterocycles. The van der Waals surface area contributed by atoms with Crippen LogP contribution in [0.1, 0.15) is 46.6 Å². The van der Waals surface area contributed by atoms with E-state index in [4.69, 9.17) is 9.84 Å². The van der Waals surface area contributed by atoms with E-state index >= 15 is 0 Å². The highest BCUT2D eigenvalue weighted by Crippen LogP contribution is 2.27. The molecule has 0 aliphatic rings. The minimum atomic E-state index is -1.04. The number of aliphatic carboxylic acids is 1. The summed E-state index contributed by atoms with van der Waals surface area (Å²) in [4.78, 5) is 22.9. The molecule has 0 aliphatic carbocycles. The van der Waals surface area contributed by atoms with Crippen molar-refractivity contribution in [2.45, 2.75) is 52.5 Å². The molecular formula is C18H27NO4. The van der Waals surface area contributed by atoms with Gasteiger partial charge in [0.2, 0.25) is 0 Å². The Morgan fingerprint density at radius 2 is 1.78 bits per heavy atom. The molecule has 1 aromatic rings. The molecular weight excluding hydrogens is 294 g/mol. The lowest BCUT2D eigenvalue weighted by Crippen LogP contribution is -2.46. The van der Waals surface area contributed by atoms with E-state index in [-0.39, 0.29) is 17.9 Å². The highest BCUT2D eigenvalue weighted by molar-refractivity contribution is 5.84. The fourth-order valence-electron chi connectivity index (χ4n) is 2.08. The van der Waals surface area contributed by atoms with Crippen LogP contribution in [0.4, 0.5) is 0 Å². The molecule has 1 amide bonds. The van der Waals surface area contributed by atoms with Crippen molar-refractivity contribution in [2.24, 2.45) is 5.92 Å². The second kappa shape index (κ2) is 7.99. The first-order valence-corrected chi connectivity index (χ1v) is 7.93. The summed E-state index contributed by atoms with van der Waals surface area (Å²) in [7, 11) is 0. The molecule has 5 heteroatoms. The second-order valence-electron chi connectivity index (χ2n) is 6.68. The third-order valence-corrected chi connectivity index (χ3v) is 4.14. The zero-order chi connectivity index (χ0) is 17.6. The standard InChI is InChI=1S/C18H27NO4/c1-6-18(4,5)13-7-9-14(10-8-13)23-11-15(20)19-16(12(2)3)17(21)22/h7-10,12,16H,6,11H2,1-5H3,(H,19,20)(H,21,22). The van der Waals surface area contributed by atoms with Crippen molar-refractivity contribution in [3.8, 4) is 5.75 Å². The Bertz CT molecular complexity index is 534. The molecule has 5 nitrogen and oxygen atoms in total. The van der Waals surface area contributed by atoms with Gasteiger partial charge in [0.1, 0.15) is 11.8 Å². The van der Waals surface area contributed by atoms with Crippen LogP contribution in [0.25, 0.3) is 0 Å². The molecule has 23 heavy (non-hydrogen) atoms. The van der Waals surface area contributed by atoms with Crippen molar-refractivity contribution in [1.82, 2.24) is 5.32 Å². The lowest BCUT2D eigenvalue weighted by Gasteiger charge is -2.23. The molecule has 1 unspecified atom stereocenters. The maximum atomic E-state index is 11.8. The van der Waals surface area contributed by atoms with Crippen LogP contribution >= 0.6 is 0 Å². The van der Waals surface area contributed by atoms with Gasteiger partial charge in [-0.3, -0.25) is 4.79 Å². The summed E-state index contributed by atoms with van der Waals surface area (Å²) in [6, 6.07) is 6.74. The van der Waals surface area contributed by atoms with E-state index in [9.17, 15) is 9.59 Å². The van der Waals surface area contributed by atoms with Gasteiger partial charge in [-0.05, 0) is 35.4 Å². The van der Waals surface area contributed by atoms with Gasteiger partial charge in [-0.25, -0.2) is 4.79 Å². The fraction of sp³-hybridized carbons (Fsp3) is 0.556. The van der Waals surface area contributed by atoms with Crippen molar-refractivity contribution in [2.75, 3.05) is 6.61 Å². The van der Waals surface area contributed by atoms with E-state index in [1.165, 1.54) is 5.56 Å². The van der Waals surface area contributed by atoms with Crippen LogP contribution in [0.2, 0.25) is 0 Å². The Labute approximate surface area is 138 Å². The number of amides is 1. The number of rotatable bonds is 8. The van der Waals surface area contributed by atoms with Crippen LogP contribution in [0.15, 0.2) is 24.3 Å². The average molecular weight is 321 g/mol. The van der Waals surface area contributed by atoms with Crippen molar-refractivity contribution in [3.63, 3.8) is 0 Å². The topological polar surface area (TPSA) is 75.6 Å². The number of carbonyl (C=O) groups is 2. The predicted octanol–water partition coefficient (Wildman–Crippen LogP) is 2.98. The van der Waals surface area contributed by atoms with Crippen LogP contribution in [-0.4, -0.2) is 29.6 Å². The molecule has 0 fully saturated rings. The van der Waals surface area contributed by atoms with Gasteiger partial charge in [-0.1, -0.05) is 46.8 Å². The van der Waals surface area contributed by atoms with Gasteiger partial charge in [0, 0.05) is 0 Å². The Morgan fingerprint density at radius 3 is 2.22 bits per heavy atom. The van der Waals surface area contributed by atoms with Gasteiger partial charge < -0.3 is 15.2 Å². The predicted molar refractivity (Wildman–Crippen MR) is 89.7 cm³/mol. The first kappa shape index (κ1) is 19.0. The number of carboxylic acids is 1. The number of benzene rings is 1. The first-order valence-electron chi connectivity index (χ1n) is 7.93. The van der Waals surface area contributed by atoms with Crippen molar-refractivity contribution >= 4 is 11.9 Å². The Hall–Kier alpha value is -2.04. The lowest BCUT2D eigenvalue weighted by molar-refractivity contribution is -0.143. The summed E-state index contributed by atoms with van der Waals surface area (Å²) < 4.78 is 5.42. The van der Waals surface area contributed by atoms with Gasteiger partial charge in [0.25, 0.3) is 5.91 Å². The van der Waals surface area contributed by atoms with Gasteiger partial charge in [0.05, 0.1) is 0 Å². The lowest BCUT2D eigenvalue weighted by atomic mass is 9.82. The minimum Gasteiger partial charge on any atom is -0.484 e. The molecule has 1 rings (SSSR count). The highest BCUT2D eigenvalue weighted by atomic mass is 16.5. The first-order chi connectivity index (χ1) is 10.7. The maximum absolute atomic E-state index is 11.8. The third-order valence-electron chi connectivity index (χ3n) is 4.14. The quantitative estimate of drug-likeness (QED) is 0.772. The monoisotopic (exact) mass is 321 g/mol. The van der Waals surface area contributed by atoms with E-state index in [0.29, 0.717) is 5.75 Å². The minimum absolute atomic E-state index is 0.0991. The summed E-state index contributed by atoms with van der Waals surface area (Å²) in [6.07, 6.45) is 1.03.